The normalized spacial score (nSPS) is 12.7. The Morgan fingerprint density at radius 1 is 1.15 bits per heavy atom. The maximum atomic E-state index is 13.2. The molecule has 1 aliphatic carbocycles. The Bertz CT molecular complexity index is 1170. The molecule has 0 bridgehead atoms. The molecule has 0 saturated heterocycles. The first-order chi connectivity index (χ1) is 16.5. The van der Waals surface area contributed by atoms with Crippen molar-refractivity contribution in [1.29, 1.82) is 0 Å². The summed E-state index contributed by atoms with van der Waals surface area (Å²) in [5.41, 5.74) is 2.76. The lowest BCUT2D eigenvalue weighted by Crippen LogP contribution is -2.25. The molecule has 9 heteroatoms. The molecule has 0 fully saturated rings. The molecule has 2 aromatic heterocycles. The topological polar surface area (TPSA) is 80.3 Å². The minimum atomic E-state index is -0.384. The molecule has 178 valence electrons. The number of hydrogen-bond acceptors (Lipinski definition) is 5. The van der Waals surface area contributed by atoms with E-state index >= 15 is 0 Å². The van der Waals surface area contributed by atoms with Crippen LogP contribution in [0.3, 0.4) is 0 Å². The van der Waals surface area contributed by atoms with Crippen molar-refractivity contribution in [2.24, 2.45) is 0 Å². The summed E-state index contributed by atoms with van der Waals surface area (Å²) in [6.07, 6.45) is 8.02. The van der Waals surface area contributed by atoms with E-state index in [1.54, 1.807) is 12.4 Å². The van der Waals surface area contributed by atoms with Gasteiger partial charge >= 0.3 is 0 Å². The zero-order valence-electron chi connectivity index (χ0n) is 18.7. The molecule has 0 atom stereocenters. The van der Waals surface area contributed by atoms with Gasteiger partial charge in [0.15, 0.2) is 5.75 Å². The fourth-order valence-electron chi connectivity index (χ4n) is 3.88. The van der Waals surface area contributed by atoms with Crippen molar-refractivity contribution in [2.75, 3.05) is 11.9 Å². The Hall–Kier alpha value is -2.61. The van der Waals surface area contributed by atoms with Crippen LogP contribution in [0.15, 0.2) is 36.7 Å². The van der Waals surface area contributed by atoms with E-state index in [1.165, 1.54) is 23.5 Å². The summed E-state index contributed by atoms with van der Waals surface area (Å²) >= 11 is 14.1. The van der Waals surface area contributed by atoms with Crippen LogP contribution in [0.25, 0.3) is 0 Å². The molecule has 0 unspecified atom stereocenters. The Kier molecular flexibility index (Phi) is 8.08. The molecule has 1 aromatic carbocycles. The second-order valence-corrected chi connectivity index (χ2v) is 9.95. The highest BCUT2D eigenvalue weighted by molar-refractivity contribution is 7.17. The number of rotatable bonds is 8. The molecule has 3 aromatic rings. The molecular weight excluding hydrogens is 493 g/mol. The average molecular weight is 518 g/mol. The predicted molar refractivity (Wildman–Crippen MR) is 137 cm³/mol. The average Bonchev–Trinajstić information content (AvgIpc) is 3.20. The Labute approximate surface area is 212 Å². The van der Waals surface area contributed by atoms with Crippen LogP contribution in [0.2, 0.25) is 10.0 Å². The highest BCUT2D eigenvalue weighted by Gasteiger charge is 2.27. The van der Waals surface area contributed by atoms with E-state index in [2.05, 4.69) is 15.6 Å². The van der Waals surface area contributed by atoms with Gasteiger partial charge in [0, 0.05) is 29.4 Å². The lowest BCUT2D eigenvalue weighted by atomic mass is 9.95. The number of nitrogens with zero attached hydrogens (tertiary/aromatic N) is 1. The minimum absolute atomic E-state index is 0.210. The third-order valence-electron chi connectivity index (χ3n) is 5.51. The highest BCUT2D eigenvalue weighted by atomic mass is 35.5. The zero-order valence-corrected chi connectivity index (χ0v) is 21.1. The maximum absolute atomic E-state index is 13.2. The second-order valence-electron chi connectivity index (χ2n) is 8.03. The Morgan fingerprint density at radius 3 is 2.62 bits per heavy atom. The van der Waals surface area contributed by atoms with Gasteiger partial charge in [-0.2, -0.15) is 0 Å². The standard InChI is InChI=1S/C25H25Cl2N3O3S/c1-2-10-33-22-18(26)11-16(12-19(22)27)23(31)30-25-21(17-7-3-4-8-20(17)34-25)24(32)29-14-15-6-5-9-28-13-15/h5-6,9,11-13H,2-4,7-8,10,14H2,1H3,(H,29,32)(H,30,31). The second kappa shape index (κ2) is 11.2. The summed E-state index contributed by atoms with van der Waals surface area (Å²) in [5.74, 6) is -0.229. The molecule has 0 spiro atoms. The lowest BCUT2D eigenvalue weighted by Gasteiger charge is -2.14. The molecule has 0 aliphatic heterocycles. The number of aryl methyl sites for hydroxylation is 1. The van der Waals surface area contributed by atoms with Crippen molar-refractivity contribution in [3.05, 3.63) is 73.8 Å². The number of carbonyl (C=O) groups excluding carboxylic acids is 2. The minimum Gasteiger partial charge on any atom is -0.490 e. The fourth-order valence-corrected chi connectivity index (χ4v) is 5.75. The van der Waals surface area contributed by atoms with Crippen LogP contribution in [-0.2, 0) is 19.4 Å². The van der Waals surface area contributed by atoms with Crippen molar-refractivity contribution in [2.45, 2.75) is 45.6 Å². The third kappa shape index (κ3) is 5.54. The van der Waals surface area contributed by atoms with Crippen LogP contribution in [0.1, 0.15) is 62.9 Å². The van der Waals surface area contributed by atoms with Crippen molar-refractivity contribution in [3.63, 3.8) is 0 Å². The van der Waals surface area contributed by atoms with Crippen LogP contribution in [0, 0.1) is 0 Å². The molecule has 0 radical (unpaired) electrons. The Balaban J connectivity index is 1.57. The van der Waals surface area contributed by atoms with Gasteiger partial charge in [-0.3, -0.25) is 14.6 Å². The molecule has 34 heavy (non-hydrogen) atoms. The van der Waals surface area contributed by atoms with Gasteiger partial charge in [0.25, 0.3) is 11.8 Å². The lowest BCUT2D eigenvalue weighted by molar-refractivity contribution is 0.0951. The van der Waals surface area contributed by atoms with Crippen molar-refractivity contribution in [1.82, 2.24) is 10.3 Å². The summed E-state index contributed by atoms with van der Waals surface area (Å²) in [6.45, 7) is 2.81. The number of thiophene rings is 1. The molecular formula is C25H25Cl2N3O3S. The fraction of sp³-hybridized carbons (Fsp3) is 0.320. The number of aromatic nitrogens is 1. The summed E-state index contributed by atoms with van der Waals surface area (Å²) in [6, 6.07) is 6.79. The van der Waals surface area contributed by atoms with Crippen molar-refractivity contribution < 1.29 is 14.3 Å². The van der Waals surface area contributed by atoms with Gasteiger partial charge in [-0.15, -0.1) is 11.3 Å². The van der Waals surface area contributed by atoms with E-state index in [0.717, 1.165) is 48.1 Å². The predicted octanol–water partition coefficient (Wildman–Crippen LogP) is 6.30. The third-order valence-corrected chi connectivity index (χ3v) is 7.28. The van der Waals surface area contributed by atoms with Crippen LogP contribution in [0.4, 0.5) is 5.00 Å². The quantitative estimate of drug-likeness (QED) is 0.367. The van der Waals surface area contributed by atoms with Gasteiger partial charge in [0.1, 0.15) is 5.00 Å². The number of ether oxygens (including phenoxy) is 1. The molecule has 6 nitrogen and oxygen atoms in total. The number of fused-ring (bicyclic) bond motifs is 1. The summed E-state index contributed by atoms with van der Waals surface area (Å²) < 4.78 is 5.59. The van der Waals surface area contributed by atoms with E-state index < -0.39 is 0 Å². The number of anilines is 1. The van der Waals surface area contributed by atoms with Gasteiger partial charge in [0.05, 0.1) is 22.2 Å². The van der Waals surface area contributed by atoms with Gasteiger partial charge in [0.2, 0.25) is 0 Å². The first kappa shape index (κ1) is 24.5. The monoisotopic (exact) mass is 517 g/mol. The summed E-state index contributed by atoms with van der Waals surface area (Å²) in [7, 11) is 0. The number of pyridine rings is 1. The molecule has 2 N–H and O–H groups in total. The van der Waals surface area contributed by atoms with Gasteiger partial charge in [-0.25, -0.2) is 0 Å². The number of benzene rings is 1. The maximum Gasteiger partial charge on any atom is 0.256 e. The first-order valence-corrected chi connectivity index (χ1v) is 12.8. The number of nitrogens with one attached hydrogen (secondary N) is 2. The summed E-state index contributed by atoms with van der Waals surface area (Å²) in [5, 5.41) is 6.98. The largest absolute Gasteiger partial charge is 0.490 e. The van der Waals surface area contributed by atoms with Crippen LogP contribution >= 0.6 is 34.5 Å². The number of carbonyl (C=O) groups is 2. The van der Waals surface area contributed by atoms with Crippen LogP contribution < -0.4 is 15.4 Å². The number of amides is 2. The molecule has 2 heterocycles. The number of halogens is 2. The zero-order chi connectivity index (χ0) is 24.1. The van der Waals surface area contributed by atoms with Gasteiger partial charge in [-0.1, -0.05) is 36.2 Å². The molecule has 0 saturated carbocycles. The highest BCUT2D eigenvalue weighted by Crippen LogP contribution is 2.39. The summed E-state index contributed by atoms with van der Waals surface area (Å²) in [4.78, 5) is 31.5. The van der Waals surface area contributed by atoms with Crippen molar-refractivity contribution in [3.8, 4) is 5.75 Å². The first-order valence-electron chi connectivity index (χ1n) is 11.2. The molecule has 4 rings (SSSR count). The van der Waals surface area contributed by atoms with E-state index in [-0.39, 0.29) is 21.9 Å². The van der Waals surface area contributed by atoms with Crippen LogP contribution in [-0.4, -0.2) is 23.4 Å². The Morgan fingerprint density at radius 2 is 1.91 bits per heavy atom. The van der Waals surface area contributed by atoms with E-state index in [4.69, 9.17) is 27.9 Å². The van der Waals surface area contributed by atoms with Crippen LogP contribution in [0.5, 0.6) is 5.75 Å². The SMILES string of the molecule is CCCOc1c(Cl)cc(C(=O)Nc2sc3c(c2C(=O)NCc2cccnc2)CCCC3)cc1Cl. The molecule has 2 amide bonds. The molecule has 1 aliphatic rings. The smallest absolute Gasteiger partial charge is 0.256 e. The number of hydrogen-bond donors (Lipinski definition) is 2. The van der Waals surface area contributed by atoms with Crippen molar-refractivity contribution >= 4 is 51.4 Å². The van der Waals surface area contributed by atoms with Gasteiger partial charge in [-0.05, 0) is 61.4 Å². The van der Waals surface area contributed by atoms with Gasteiger partial charge < -0.3 is 15.4 Å². The van der Waals surface area contributed by atoms with E-state index in [9.17, 15) is 9.59 Å². The van der Waals surface area contributed by atoms with E-state index in [0.29, 0.717) is 35.0 Å². The van der Waals surface area contributed by atoms with E-state index in [1.807, 2.05) is 19.1 Å².